The van der Waals surface area contributed by atoms with Crippen molar-refractivity contribution in [1.29, 1.82) is 0 Å². The molecule has 0 unspecified atom stereocenters. The molecule has 1 amide bonds. The van der Waals surface area contributed by atoms with Crippen LogP contribution < -0.4 is 11.1 Å². The zero-order chi connectivity index (χ0) is 17.2. The van der Waals surface area contributed by atoms with E-state index in [4.69, 9.17) is 5.73 Å². The third kappa shape index (κ3) is 6.83. The summed E-state index contributed by atoms with van der Waals surface area (Å²) in [4.78, 5) is 14.6. The van der Waals surface area contributed by atoms with Crippen LogP contribution in [0.1, 0.15) is 43.2 Å². The highest BCUT2D eigenvalue weighted by Gasteiger charge is 2.13. The summed E-state index contributed by atoms with van der Waals surface area (Å²) in [5.74, 6) is 0.863. The van der Waals surface area contributed by atoms with Crippen molar-refractivity contribution in [2.75, 3.05) is 25.1 Å². The normalized spacial score (nSPS) is 17.2. The molecule has 0 bridgehead atoms. The molecule has 0 aliphatic carbocycles. The highest BCUT2D eigenvalue weighted by atomic mass is 32.2. The Labute approximate surface area is 150 Å². The number of nitrogens with two attached hydrogens (primary N) is 1. The maximum absolute atomic E-state index is 12.0. The van der Waals surface area contributed by atoms with Gasteiger partial charge in [-0.25, -0.2) is 0 Å². The highest BCUT2D eigenvalue weighted by Crippen LogP contribution is 2.14. The molecule has 1 aromatic carbocycles. The quantitative estimate of drug-likeness (QED) is 0.758. The van der Waals surface area contributed by atoms with Crippen molar-refractivity contribution < 1.29 is 4.79 Å². The molecule has 1 aliphatic rings. The highest BCUT2D eigenvalue weighted by molar-refractivity contribution is 7.98. The average molecular weight is 350 g/mol. The molecule has 4 nitrogen and oxygen atoms in total. The van der Waals surface area contributed by atoms with Gasteiger partial charge in [0.2, 0.25) is 5.91 Å². The minimum Gasteiger partial charge on any atom is -0.351 e. The first-order valence-electron chi connectivity index (χ1n) is 9.01. The molecule has 134 valence electrons. The van der Waals surface area contributed by atoms with E-state index in [0.717, 1.165) is 24.3 Å². The number of carbonyl (C=O) groups is 1. The first-order chi connectivity index (χ1) is 11.7. The Morgan fingerprint density at radius 3 is 2.67 bits per heavy atom. The van der Waals surface area contributed by atoms with Crippen molar-refractivity contribution >= 4 is 17.7 Å². The Hall–Kier alpha value is -1.04. The van der Waals surface area contributed by atoms with E-state index in [1.165, 1.54) is 44.3 Å². The van der Waals surface area contributed by atoms with Crippen LogP contribution in [0.3, 0.4) is 0 Å². The number of thioether (sulfide) groups is 1. The van der Waals surface area contributed by atoms with Crippen LogP contribution >= 0.6 is 11.8 Å². The second kappa shape index (κ2) is 10.7. The Kier molecular flexibility index (Phi) is 8.64. The number of nitrogens with zero attached hydrogens (tertiary/aromatic N) is 1. The van der Waals surface area contributed by atoms with Gasteiger partial charge in [0.05, 0.1) is 6.04 Å². The van der Waals surface area contributed by atoms with Gasteiger partial charge in [-0.15, -0.1) is 0 Å². The zero-order valence-corrected chi connectivity index (χ0v) is 15.6. The molecule has 0 radical (unpaired) electrons. The van der Waals surface area contributed by atoms with Crippen molar-refractivity contribution in [2.45, 2.75) is 51.2 Å². The number of benzene rings is 1. The first kappa shape index (κ1) is 19.3. The molecule has 1 fully saturated rings. The summed E-state index contributed by atoms with van der Waals surface area (Å²) in [5.41, 5.74) is 8.38. The van der Waals surface area contributed by atoms with Gasteiger partial charge in [-0.2, -0.15) is 11.8 Å². The van der Waals surface area contributed by atoms with E-state index < -0.39 is 6.04 Å². The largest absolute Gasteiger partial charge is 0.351 e. The van der Waals surface area contributed by atoms with E-state index in [-0.39, 0.29) is 5.91 Å². The van der Waals surface area contributed by atoms with Gasteiger partial charge in [0, 0.05) is 13.1 Å². The summed E-state index contributed by atoms with van der Waals surface area (Å²) in [5, 5.41) is 2.96. The van der Waals surface area contributed by atoms with E-state index >= 15 is 0 Å². The topological polar surface area (TPSA) is 58.4 Å². The van der Waals surface area contributed by atoms with Crippen molar-refractivity contribution in [3.63, 3.8) is 0 Å². The number of hydrogen-bond donors (Lipinski definition) is 2. The lowest BCUT2D eigenvalue weighted by atomic mass is 10.1. The minimum absolute atomic E-state index is 0.0537. The molecule has 1 heterocycles. The zero-order valence-electron chi connectivity index (χ0n) is 14.8. The molecule has 5 heteroatoms. The maximum Gasteiger partial charge on any atom is 0.237 e. The fourth-order valence-electron chi connectivity index (χ4n) is 3.09. The minimum atomic E-state index is -0.405. The SMILES string of the molecule is CSCC[C@H](N)C(=O)NCc1cccc(CN2CCCCCC2)c1. The maximum atomic E-state index is 12.0. The number of carbonyl (C=O) groups excluding carboxylic acids is 1. The van der Waals surface area contributed by atoms with Crippen LogP contribution in [0.5, 0.6) is 0 Å². The second-order valence-electron chi connectivity index (χ2n) is 6.62. The molecule has 1 atom stereocenters. The van der Waals surface area contributed by atoms with Crippen LogP contribution in [0.4, 0.5) is 0 Å². The van der Waals surface area contributed by atoms with Gasteiger partial charge in [-0.3, -0.25) is 9.69 Å². The first-order valence-corrected chi connectivity index (χ1v) is 10.4. The van der Waals surface area contributed by atoms with Crippen molar-refractivity contribution in [3.8, 4) is 0 Å². The van der Waals surface area contributed by atoms with Gasteiger partial charge in [0.25, 0.3) is 0 Å². The van der Waals surface area contributed by atoms with Crippen LogP contribution in [0, 0.1) is 0 Å². The van der Waals surface area contributed by atoms with Crippen LogP contribution in [0.2, 0.25) is 0 Å². The Balaban J connectivity index is 1.82. The van der Waals surface area contributed by atoms with Gasteiger partial charge >= 0.3 is 0 Å². The molecule has 3 N–H and O–H groups in total. The lowest BCUT2D eigenvalue weighted by Crippen LogP contribution is -2.40. The third-order valence-corrected chi connectivity index (χ3v) is 5.18. The third-order valence-electron chi connectivity index (χ3n) is 4.53. The van der Waals surface area contributed by atoms with Crippen LogP contribution in [0.15, 0.2) is 24.3 Å². The van der Waals surface area contributed by atoms with Gasteiger partial charge < -0.3 is 11.1 Å². The lowest BCUT2D eigenvalue weighted by Gasteiger charge is -2.20. The van der Waals surface area contributed by atoms with Crippen molar-refractivity contribution in [1.82, 2.24) is 10.2 Å². The molecule has 0 spiro atoms. The Bertz CT molecular complexity index is 501. The molecular weight excluding hydrogens is 318 g/mol. The number of rotatable bonds is 8. The van der Waals surface area contributed by atoms with Crippen LogP contribution in [0.25, 0.3) is 0 Å². The van der Waals surface area contributed by atoms with E-state index in [1.54, 1.807) is 11.8 Å². The Morgan fingerprint density at radius 2 is 1.96 bits per heavy atom. The van der Waals surface area contributed by atoms with E-state index in [2.05, 4.69) is 34.5 Å². The number of nitrogens with one attached hydrogen (secondary N) is 1. The van der Waals surface area contributed by atoms with Crippen LogP contribution in [-0.4, -0.2) is 41.9 Å². The molecular formula is C19H31N3OS. The Morgan fingerprint density at radius 1 is 1.25 bits per heavy atom. The number of hydrogen-bond acceptors (Lipinski definition) is 4. The van der Waals surface area contributed by atoms with Gasteiger partial charge in [-0.1, -0.05) is 37.1 Å². The van der Waals surface area contributed by atoms with Gasteiger partial charge in [0.15, 0.2) is 0 Å². The van der Waals surface area contributed by atoms with E-state index in [0.29, 0.717) is 6.54 Å². The lowest BCUT2D eigenvalue weighted by molar-refractivity contribution is -0.122. The fraction of sp³-hybridized carbons (Fsp3) is 0.632. The summed E-state index contributed by atoms with van der Waals surface area (Å²) in [6.07, 6.45) is 8.09. The van der Waals surface area contributed by atoms with Gasteiger partial charge in [0.1, 0.15) is 0 Å². The van der Waals surface area contributed by atoms with Crippen molar-refractivity contribution in [2.24, 2.45) is 5.73 Å². The summed E-state index contributed by atoms with van der Waals surface area (Å²) >= 11 is 1.72. The molecule has 1 aromatic rings. The molecule has 1 aliphatic heterocycles. The molecule has 1 saturated heterocycles. The standard InChI is InChI=1S/C19H31N3OS/c1-24-12-9-18(20)19(23)21-14-16-7-6-8-17(13-16)15-22-10-4-2-3-5-11-22/h6-8,13,18H,2-5,9-12,14-15,20H2,1H3,(H,21,23)/t18-/m0/s1. The molecule has 0 saturated carbocycles. The monoisotopic (exact) mass is 349 g/mol. The molecule has 24 heavy (non-hydrogen) atoms. The fourth-order valence-corrected chi connectivity index (χ4v) is 3.58. The number of likely N-dealkylation sites (tertiary alicyclic amines) is 1. The second-order valence-corrected chi connectivity index (χ2v) is 7.60. The molecule has 0 aromatic heterocycles. The summed E-state index contributed by atoms with van der Waals surface area (Å²) in [7, 11) is 0. The summed E-state index contributed by atoms with van der Waals surface area (Å²) in [6.45, 7) is 3.96. The summed E-state index contributed by atoms with van der Waals surface area (Å²) in [6, 6.07) is 8.14. The average Bonchev–Trinajstić information content (AvgIpc) is 2.86. The van der Waals surface area contributed by atoms with Crippen molar-refractivity contribution in [3.05, 3.63) is 35.4 Å². The molecule has 2 rings (SSSR count). The smallest absolute Gasteiger partial charge is 0.237 e. The van der Waals surface area contributed by atoms with E-state index in [1.807, 2.05) is 6.26 Å². The van der Waals surface area contributed by atoms with Gasteiger partial charge in [-0.05, 0) is 55.5 Å². The van der Waals surface area contributed by atoms with Crippen LogP contribution in [-0.2, 0) is 17.9 Å². The predicted molar refractivity (Wildman–Crippen MR) is 103 cm³/mol. The predicted octanol–water partition coefficient (Wildman–Crippen LogP) is 2.76. The van der Waals surface area contributed by atoms with E-state index in [9.17, 15) is 4.79 Å². The summed E-state index contributed by atoms with van der Waals surface area (Å²) < 4.78 is 0. The number of amides is 1.